The highest BCUT2D eigenvalue weighted by atomic mass is 32.2. The van der Waals surface area contributed by atoms with Gasteiger partial charge in [-0.25, -0.2) is 25.9 Å². The predicted octanol–water partition coefficient (Wildman–Crippen LogP) is 1.17. The molecule has 2 unspecified atom stereocenters. The summed E-state index contributed by atoms with van der Waals surface area (Å²) < 4.78 is 58.3. The molecule has 2 heterocycles. The molecule has 3 rings (SSSR count). The Morgan fingerprint density at radius 2 is 1.90 bits per heavy atom. The second kappa shape index (κ2) is 7.90. The van der Waals surface area contributed by atoms with Crippen molar-refractivity contribution in [3.63, 3.8) is 0 Å². The molecule has 1 amide bonds. The number of carbonyl (C=O) groups is 1. The summed E-state index contributed by atoms with van der Waals surface area (Å²) in [6, 6.07) is 8.39. The van der Waals surface area contributed by atoms with Crippen LogP contribution < -0.4 is 9.03 Å². The van der Waals surface area contributed by atoms with Crippen molar-refractivity contribution in [1.29, 1.82) is 0 Å². The number of sulfonamides is 2. The fraction of sp³-hybridized carbons (Fsp3) is 0.389. The molecule has 1 aromatic carbocycles. The fourth-order valence-electron chi connectivity index (χ4n) is 3.14. The summed E-state index contributed by atoms with van der Waals surface area (Å²) in [4.78, 5) is 14.0. The zero-order valence-electron chi connectivity index (χ0n) is 16.3. The molecule has 158 valence electrons. The minimum atomic E-state index is -3.84. The van der Waals surface area contributed by atoms with Crippen LogP contribution >= 0.6 is 0 Å². The Morgan fingerprint density at radius 3 is 2.38 bits per heavy atom. The van der Waals surface area contributed by atoms with Gasteiger partial charge in [-0.1, -0.05) is 6.92 Å². The summed E-state index contributed by atoms with van der Waals surface area (Å²) in [7, 11) is -3.96. The van der Waals surface area contributed by atoms with Crippen LogP contribution in [0.3, 0.4) is 0 Å². The van der Waals surface area contributed by atoms with Gasteiger partial charge in [0.15, 0.2) is 0 Å². The first kappa shape index (κ1) is 21.5. The highest BCUT2D eigenvalue weighted by Gasteiger charge is 2.42. The number of amides is 1. The molecule has 1 aromatic heterocycles. The number of nitrogens with zero attached hydrogens (tertiary/aromatic N) is 2. The number of nitrogens with one attached hydrogen (secondary N) is 1. The first-order chi connectivity index (χ1) is 13.5. The molecule has 0 spiro atoms. The largest absolute Gasteiger partial charge is 0.468 e. The van der Waals surface area contributed by atoms with Crippen LogP contribution in [-0.2, 0) is 24.8 Å². The van der Waals surface area contributed by atoms with Crippen LogP contribution in [0, 0.1) is 5.92 Å². The molecule has 0 saturated carbocycles. The van der Waals surface area contributed by atoms with E-state index in [1.807, 2.05) is 19.0 Å². The molecule has 29 heavy (non-hydrogen) atoms. The molecule has 1 fully saturated rings. The van der Waals surface area contributed by atoms with E-state index in [1.54, 1.807) is 19.1 Å². The van der Waals surface area contributed by atoms with Crippen molar-refractivity contribution in [1.82, 2.24) is 9.62 Å². The van der Waals surface area contributed by atoms with Crippen LogP contribution in [0.2, 0.25) is 0 Å². The maximum Gasteiger partial charge on any atom is 0.244 e. The molecular formula is C18H23N3O6S2. The number of hydrogen-bond acceptors (Lipinski definition) is 7. The van der Waals surface area contributed by atoms with E-state index >= 15 is 0 Å². The standard InChI is InChI=1S/C18H23N3O6S2/c1-13-12-28(23,24)21(18(13)22)14-6-8-15(9-7-14)29(25,26)19-11-16(20(2)3)17-5-4-10-27-17/h4-10,13,16,19H,11-12H2,1-3H3. The van der Waals surface area contributed by atoms with Crippen LogP contribution in [0.15, 0.2) is 52.0 Å². The van der Waals surface area contributed by atoms with E-state index in [1.165, 1.54) is 30.5 Å². The van der Waals surface area contributed by atoms with Gasteiger partial charge in [-0.05, 0) is 50.5 Å². The molecule has 1 saturated heterocycles. The first-order valence-corrected chi connectivity index (χ1v) is 12.0. The van der Waals surface area contributed by atoms with Gasteiger partial charge in [0.05, 0.1) is 34.6 Å². The summed E-state index contributed by atoms with van der Waals surface area (Å²) >= 11 is 0. The van der Waals surface area contributed by atoms with E-state index in [4.69, 9.17) is 4.42 Å². The molecule has 1 N–H and O–H groups in total. The van der Waals surface area contributed by atoms with Crippen molar-refractivity contribution < 1.29 is 26.0 Å². The minimum absolute atomic E-state index is 0.0321. The van der Waals surface area contributed by atoms with Gasteiger partial charge in [-0.2, -0.15) is 0 Å². The Kier molecular flexibility index (Phi) is 5.86. The maximum absolute atomic E-state index is 12.6. The van der Waals surface area contributed by atoms with Crippen molar-refractivity contribution in [2.45, 2.75) is 17.9 Å². The number of benzene rings is 1. The van der Waals surface area contributed by atoms with Gasteiger partial charge in [0.25, 0.3) is 0 Å². The molecule has 0 bridgehead atoms. The zero-order valence-corrected chi connectivity index (χ0v) is 17.9. The normalized spacial score (nSPS) is 20.3. The average Bonchev–Trinajstić information content (AvgIpc) is 3.22. The third kappa shape index (κ3) is 4.37. The third-order valence-electron chi connectivity index (χ3n) is 4.70. The van der Waals surface area contributed by atoms with Crippen molar-refractivity contribution in [2.75, 3.05) is 30.7 Å². The first-order valence-electron chi connectivity index (χ1n) is 8.89. The Hall–Kier alpha value is -2.21. The van der Waals surface area contributed by atoms with E-state index in [0.717, 1.165) is 4.31 Å². The van der Waals surface area contributed by atoms with Crippen molar-refractivity contribution in [2.24, 2.45) is 5.92 Å². The number of carbonyl (C=O) groups excluding carboxylic acids is 1. The van der Waals surface area contributed by atoms with Crippen LogP contribution in [0.4, 0.5) is 5.69 Å². The lowest BCUT2D eigenvalue weighted by atomic mass is 10.2. The number of hydrogen-bond donors (Lipinski definition) is 1. The van der Waals surface area contributed by atoms with E-state index in [9.17, 15) is 21.6 Å². The highest BCUT2D eigenvalue weighted by Crippen LogP contribution is 2.29. The number of likely N-dealkylation sites (N-methyl/N-ethyl adjacent to an activating group) is 1. The maximum atomic E-state index is 12.6. The molecule has 9 nitrogen and oxygen atoms in total. The average molecular weight is 442 g/mol. The van der Waals surface area contributed by atoms with Crippen molar-refractivity contribution in [3.05, 3.63) is 48.4 Å². The van der Waals surface area contributed by atoms with Crippen LogP contribution in [0.1, 0.15) is 18.7 Å². The molecule has 1 aliphatic heterocycles. The minimum Gasteiger partial charge on any atom is -0.468 e. The number of furan rings is 1. The van der Waals surface area contributed by atoms with Crippen LogP contribution in [-0.4, -0.2) is 54.0 Å². The molecule has 11 heteroatoms. The highest BCUT2D eigenvalue weighted by molar-refractivity contribution is 7.94. The van der Waals surface area contributed by atoms with Gasteiger partial charge in [0.2, 0.25) is 26.0 Å². The predicted molar refractivity (Wildman–Crippen MR) is 107 cm³/mol. The molecular weight excluding hydrogens is 418 g/mol. The summed E-state index contributed by atoms with van der Waals surface area (Å²) in [5, 5.41) is 0. The molecule has 1 aliphatic rings. The summed E-state index contributed by atoms with van der Waals surface area (Å²) in [6.45, 7) is 1.63. The fourth-order valence-corrected chi connectivity index (χ4v) is 6.00. The SMILES string of the molecule is CC1CS(=O)(=O)N(c2ccc(S(=O)(=O)NCC(c3ccco3)N(C)C)cc2)C1=O. The lowest BCUT2D eigenvalue weighted by Gasteiger charge is -2.22. The van der Waals surface area contributed by atoms with Gasteiger partial charge >= 0.3 is 0 Å². The van der Waals surface area contributed by atoms with Gasteiger partial charge in [-0.15, -0.1) is 0 Å². The van der Waals surface area contributed by atoms with Crippen LogP contribution in [0.25, 0.3) is 0 Å². The molecule has 2 atom stereocenters. The molecule has 2 aromatic rings. The second-order valence-corrected chi connectivity index (χ2v) is 10.8. The van der Waals surface area contributed by atoms with Gasteiger partial charge < -0.3 is 4.42 Å². The van der Waals surface area contributed by atoms with Crippen LogP contribution in [0.5, 0.6) is 0 Å². The lowest BCUT2D eigenvalue weighted by Crippen LogP contribution is -2.34. The summed E-state index contributed by atoms with van der Waals surface area (Å²) in [5.74, 6) is -0.785. The van der Waals surface area contributed by atoms with Crippen molar-refractivity contribution in [3.8, 4) is 0 Å². The monoisotopic (exact) mass is 441 g/mol. The Bertz CT molecular complexity index is 1080. The number of anilines is 1. The Labute approximate surface area is 170 Å². The Morgan fingerprint density at radius 1 is 1.24 bits per heavy atom. The van der Waals surface area contributed by atoms with E-state index < -0.39 is 31.9 Å². The number of rotatable bonds is 7. The van der Waals surface area contributed by atoms with E-state index in [-0.39, 0.29) is 28.9 Å². The molecule has 0 aliphatic carbocycles. The summed E-state index contributed by atoms with van der Waals surface area (Å²) in [6.07, 6.45) is 1.52. The van der Waals surface area contributed by atoms with E-state index in [2.05, 4.69) is 4.72 Å². The second-order valence-electron chi connectivity index (χ2n) is 7.12. The molecule has 0 radical (unpaired) electrons. The lowest BCUT2D eigenvalue weighted by molar-refractivity contribution is -0.119. The topological polar surface area (TPSA) is 117 Å². The van der Waals surface area contributed by atoms with Crippen molar-refractivity contribution >= 4 is 31.6 Å². The quantitative estimate of drug-likeness (QED) is 0.685. The zero-order chi connectivity index (χ0) is 21.4. The van der Waals surface area contributed by atoms with Gasteiger partial charge in [-0.3, -0.25) is 9.69 Å². The third-order valence-corrected chi connectivity index (χ3v) is 8.01. The Balaban J connectivity index is 1.77. The van der Waals surface area contributed by atoms with E-state index in [0.29, 0.717) is 5.76 Å². The summed E-state index contributed by atoms with van der Waals surface area (Å²) in [5.41, 5.74) is 0.125. The smallest absolute Gasteiger partial charge is 0.244 e. The van der Waals surface area contributed by atoms with Gasteiger partial charge in [0.1, 0.15) is 5.76 Å². The van der Waals surface area contributed by atoms with Gasteiger partial charge in [0, 0.05) is 6.54 Å².